The molecule has 2 rings (SSSR count). The zero-order valence-corrected chi connectivity index (χ0v) is 14.8. The molecule has 1 N–H and O–H groups in total. The zero-order chi connectivity index (χ0) is 16.8. The van der Waals surface area contributed by atoms with Crippen LogP contribution in [0.3, 0.4) is 0 Å². The molecule has 0 spiro atoms. The monoisotopic (exact) mass is 324 g/mol. The highest BCUT2D eigenvalue weighted by atomic mass is 16.5. The van der Waals surface area contributed by atoms with E-state index < -0.39 is 6.04 Å². The van der Waals surface area contributed by atoms with E-state index in [-0.39, 0.29) is 11.9 Å². The van der Waals surface area contributed by atoms with Crippen molar-refractivity contribution in [3.05, 3.63) is 0 Å². The third-order valence-corrected chi connectivity index (χ3v) is 5.23. The number of nitrogens with one attached hydrogen (secondary N) is 1. The molecular weight excluding hydrogens is 292 g/mol. The van der Waals surface area contributed by atoms with Crippen LogP contribution in [0.2, 0.25) is 0 Å². The number of methoxy groups -OCH3 is 1. The molecule has 3 atom stereocenters. The van der Waals surface area contributed by atoms with Gasteiger partial charge in [-0.2, -0.15) is 0 Å². The number of hydrogen-bond donors (Lipinski definition) is 1. The Bertz CT molecular complexity index is 409. The van der Waals surface area contributed by atoms with E-state index in [0.717, 1.165) is 12.5 Å². The van der Waals surface area contributed by atoms with Crippen molar-refractivity contribution >= 4 is 11.9 Å². The molecule has 2 fully saturated rings. The lowest BCUT2D eigenvalue weighted by molar-refractivity contribution is -0.145. The maximum Gasteiger partial charge on any atom is 0.328 e. The minimum absolute atomic E-state index is 0.0488. The molecule has 5 heteroatoms. The number of rotatable bonds is 6. The minimum atomic E-state index is -0.528. The fourth-order valence-corrected chi connectivity index (χ4v) is 4.18. The van der Waals surface area contributed by atoms with E-state index in [9.17, 15) is 9.59 Å². The normalized spacial score (nSPS) is 26.4. The summed E-state index contributed by atoms with van der Waals surface area (Å²) in [6.07, 6.45) is 8.23. The van der Waals surface area contributed by atoms with Crippen LogP contribution in [0.5, 0.6) is 0 Å². The SMILES string of the molecule is COC(=O)C(CC(C)C)NC(=O)CN1CCCC2CCCCC21. The average molecular weight is 324 g/mol. The van der Waals surface area contributed by atoms with Crippen LogP contribution in [0.15, 0.2) is 0 Å². The van der Waals surface area contributed by atoms with Crippen LogP contribution in [-0.4, -0.2) is 49.1 Å². The summed E-state index contributed by atoms with van der Waals surface area (Å²) in [7, 11) is 1.37. The van der Waals surface area contributed by atoms with Crippen molar-refractivity contribution in [1.29, 1.82) is 0 Å². The Morgan fingerprint density at radius 2 is 1.87 bits per heavy atom. The van der Waals surface area contributed by atoms with Crippen LogP contribution in [-0.2, 0) is 14.3 Å². The molecule has 0 aromatic heterocycles. The number of esters is 1. The van der Waals surface area contributed by atoms with E-state index in [0.29, 0.717) is 24.9 Å². The van der Waals surface area contributed by atoms with Gasteiger partial charge in [0.15, 0.2) is 0 Å². The van der Waals surface area contributed by atoms with Crippen LogP contribution in [0.4, 0.5) is 0 Å². The van der Waals surface area contributed by atoms with Crippen molar-refractivity contribution in [2.45, 2.75) is 70.9 Å². The maximum absolute atomic E-state index is 12.4. The van der Waals surface area contributed by atoms with Gasteiger partial charge in [0.25, 0.3) is 0 Å². The van der Waals surface area contributed by atoms with E-state index in [2.05, 4.69) is 10.2 Å². The Kier molecular flexibility index (Phi) is 6.88. The highest BCUT2D eigenvalue weighted by Gasteiger charge is 2.34. The first-order valence-electron chi connectivity index (χ1n) is 9.12. The smallest absolute Gasteiger partial charge is 0.328 e. The lowest BCUT2D eigenvalue weighted by Gasteiger charge is -2.43. The third-order valence-electron chi connectivity index (χ3n) is 5.23. The number of ether oxygens (including phenoxy) is 1. The van der Waals surface area contributed by atoms with Gasteiger partial charge in [0.05, 0.1) is 13.7 Å². The van der Waals surface area contributed by atoms with E-state index in [4.69, 9.17) is 4.74 Å². The molecule has 1 saturated carbocycles. The van der Waals surface area contributed by atoms with Crippen LogP contribution in [0.1, 0.15) is 58.8 Å². The van der Waals surface area contributed by atoms with Gasteiger partial charge >= 0.3 is 5.97 Å². The molecule has 1 aliphatic heterocycles. The molecule has 0 radical (unpaired) electrons. The van der Waals surface area contributed by atoms with Crippen LogP contribution < -0.4 is 5.32 Å². The van der Waals surface area contributed by atoms with E-state index >= 15 is 0 Å². The predicted molar refractivity (Wildman–Crippen MR) is 90.0 cm³/mol. The summed E-state index contributed by atoms with van der Waals surface area (Å²) < 4.78 is 4.82. The molecule has 0 aromatic carbocycles. The highest BCUT2D eigenvalue weighted by molar-refractivity contribution is 5.85. The first-order chi connectivity index (χ1) is 11.0. The molecule has 1 saturated heterocycles. The molecule has 1 amide bonds. The summed E-state index contributed by atoms with van der Waals surface area (Å²) in [6, 6.07) is 0.0318. The molecular formula is C18H32N2O3. The predicted octanol–water partition coefficient (Wildman–Crippen LogP) is 2.34. The quantitative estimate of drug-likeness (QED) is 0.762. The molecule has 1 heterocycles. The molecule has 3 unspecified atom stereocenters. The Morgan fingerprint density at radius 3 is 2.57 bits per heavy atom. The van der Waals surface area contributed by atoms with Crippen molar-refractivity contribution in [2.75, 3.05) is 20.2 Å². The summed E-state index contributed by atoms with van der Waals surface area (Å²) in [5, 5.41) is 2.89. The number of nitrogens with zero attached hydrogens (tertiary/aromatic N) is 1. The Morgan fingerprint density at radius 1 is 1.17 bits per heavy atom. The molecule has 1 aliphatic carbocycles. The number of fused-ring (bicyclic) bond motifs is 1. The van der Waals surface area contributed by atoms with E-state index in [1.807, 2.05) is 13.8 Å². The number of carbonyl (C=O) groups excluding carboxylic acids is 2. The minimum Gasteiger partial charge on any atom is -0.467 e. The Labute approximate surface area is 140 Å². The third kappa shape index (κ3) is 5.20. The van der Waals surface area contributed by atoms with Gasteiger partial charge in [-0.15, -0.1) is 0 Å². The highest BCUT2D eigenvalue weighted by Crippen LogP contribution is 2.34. The summed E-state index contributed by atoms with van der Waals surface area (Å²) >= 11 is 0. The zero-order valence-electron chi connectivity index (χ0n) is 14.8. The molecule has 132 valence electrons. The standard InChI is InChI=1S/C18H32N2O3/c1-13(2)11-15(18(22)23-3)19-17(21)12-20-10-6-8-14-7-4-5-9-16(14)20/h13-16H,4-12H2,1-3H3,(H,19,21). The molecule has 0 aromatic rings. The van der Waals surface area contributed by atoms with Crippen LogP contribution in [0, 0.1) is 11.8 Å². The fourth-order valence-electron chi connectivity index (χ4n) is 4.18. The van der Waals surface area contributed by atoms with Gasteiger partial charge in [-0.25, -0.2) is 4.79 Å². The van der Waals surface area contributed by atoms with Crippen molar-refractivity contribution in [1.82, 2.24) is 10.2 Å². The van der Waals surface area contributed by atoms with E-state index in [1.54, 1.807) is 0 Å². The van der Waals surface area contributed by atoms with Crippen molar-refractivity contribution in [3.63, 3.8) is 0 Å². The lowest BCUT2D eigenvalue weighted by atomic mass is 9.78. The second-order valence-corrected chi connectivity index (χ2v) is 7.50. The Hall–Kier alpha value is -1.10. The van der Waals surface area contributed by atoms with Gasteiger partial charge in [0.1, 0.15) is 6.04 Å². The summed E-state index contributed by atoms with van der Waals surface area (Å²) in [4.78, 5) is 26.6. The van der Waals surface area contributed by atoms with Crippen molar-refractivity contribution in [3.8, 4) is 0 Å². The van der Waals surface area contributed by atoms with Gasteiger partial charge in [0.2, 0.25) is 5.91 Å². The van der Waals surface area contributed by atoms with Crippen LogP contribution >= 0.6 is 0 Å². The number of carbonyl (C=O) groups is 2. The molecule has 2 aliphatic rings. The topological polar surface area (TPSA) is 58.6 Å². The van der Waals surface area contributed by atoms with Gasteiger partial charge in [-0.3, -0.25) is 9.69 Å². The van der Waals surface area contributed by atoms with Gasteiger partial charge in [0, 0.05) is 6.04 Å². The summed E-state index contributed by atoms with van der Waals surface area (Å²) in [5.74, 6) is 0.697. The van der Waals surface area contributed by atoms with Crippen LogP contribution in [0.25, 0.3) is 0 Å². The number of hydrogen-bond acceptors (Lipinski definition) is 4. The maximum atomic E-state index is 12.4. The first-order valence-corrected chi connectivity index (χ1v) is 9.12. The summed E-state index contributed by atoms with van der Waals surface area (Å²) in [5.41, 5.74) is 0. The largest absolute Gasteiger partial charge is 0.467 e. The van der Waals surface area contributed by atoms with E-state index in [1.165, 1.54) is 45.6 Å². The summed E-state index contributed by atoms with van der Waals surface area (Å²) in [6.45, 7) is 5.49. The van der Waals surface area contributed by atoms with Crippen molar-refractivity contribution in [2.24, 2.45) is 11.8 Å². The number of likely N-dealkylation sites (tertiary alicyclic amines) is 1. The molecule has 23 heavy (non-hydrogen) atoms. The first kappa shape index (κ1) is 18.2. The van der Waals surface area contributed by atoms with Gasteiger partial charge in [-0.1, -0.05) is 26.7 Å². The van der Waals surface area contributed by atoms with Crippen molar-refractivity contribution < 1.29 is 14.3 Å². The molecule has 0 bridgehead atoms. The fraction of sp³-hybridized carbons (Fsp3) is 0.889. The number of piperidine rings is 1. The van der Waals surface area contributed by atoms with Gasteiger partial charge in [-0.05, 0) is 50.5 Å². The molecule has 5 nitrogen and oxygen atoms in total. The second-order valence-electron chi connectivity index (χ2n) is 7.50. The number of amides is 1. The average Bonchev–Trinajstić information content (AvgIpc) is 2.53. The Balaban J connectivity index is 1.90. The second kappa shape index (κ2) is 8.67. The van der Waals surface area contributed by atoms with Gasteiger partial charge < -0.3 is 10.1 Å². The lowest BCUT2D eigenvalue weighted by Crippen LogP contribution is -2.52.